The van der Waals surface area contributed by atoms with Crippen molar-refractivity contribution in [2.24, 2.45) is 0 Å². The van der Waals surface area contributed by atoms with Crippen LogP contribution in [0.25, 0.3) is 0 Å². The smallest absolute Gasteiger partial charge is 0.255 e. The Morgan fingerprint density at radius 2 is 1.79 bits per heavy atom. The summed E-state index contributed by atoms with van der Waals surface area (Å²) in [5.41, 5.74) is 1.00. The van der Waals surface area contributed by atoms with Crippen LogP contribution in [0.3, 0.4) is 0 Å². The van der Waals surface area contributed by atoms with Crippen molar-refractivity contribution < 1.29 is 14.3 Å². The van der Waals surface area contributed by atoms with E-state index in [2.05, 4.69) is 5.32 Å². The van der Waals surface area contributed by atoms with E-state index in [1.165, 1.54) is 0 Å². The number of hydrogen-bond acceptors (Lipinski definition) is 3. The molecule has 0 aliphatic carbocycles. The fraction of sp³-hybridized carbons (Fsp3) is 0.333. The first-order valence-corrected chi connectivity index (χ1v) is 10.1. The predicted molar refractivity (Wildman–Crippen MR) is 110 cm³/mol. The largest absolute Gasteiger partial charge is 0.493 e. The number of rotatable bonds is 1. The van der Waals surface area contributed by atoms with Gasteiger partial charge in [-0.2, -0.15) is 0 Å². The van der Waals surface area contributed by atoms with Gasteiger partial charge in [0.05, 0.1) is 12.2 Å². The average Bonchev–Trinajstić information content (AvgIpc) is 2.70. The first-order valence-electron chi connectivity index (χ1n) is 9.30. The van der Waals surface area contributed by atoms with Crippen LogP contribution < -0.4 is 10.1 Å². The van der Waals surface area contributed by atoms with Crippen molar-refractivity contribution in [1.82, 2.24) is 10.2 Å². The van der Waals surface area contributed by atoms with Gasteiger partial charge in [0.25, 0.3) is 11.8 Å². The summed E-state index contributed by atoms with van der Waals surface area (Å²) in [5.74, 6) is 0.242. The molecular formula is C21H22Cl2N2O3. The van der Waals surface area contributed by atoms with Gasteiger partial charge in [0.2, 0.25) is 0 Å². The maximum Gasteiger partial charge on any atom is 0.255 e. The zero-order valence-corrected chi connectivity index (χ0v) is 16.9. The lowest BCUT2D eigenvalue weighted by atomic mass is 10.1. The van der Waals surface area contributed by atoms with Crippen LogP contribution in [0, 0.1) is 0 Å². The fourth-order valence-electron chi connectivity index (χ4n) is 3.09. The molecule has 0 atom stereocenters. The second-order valence-corrected chi connectivity index (χ2v) is 7.48. The molecule has 5 nitrogen and oxygen atoms in total. The van der Waals surface area contributed by atoms with Gasteiger partial charge in [-0.15, -0.1) is 0 Å². The van der Waals surface area contributed by atoms with Crippen LogP contribution >= 0.6 is 23.2 Å². The lowest BCUT2D eigenvalue weighted by Gasteiger charge is -2.23. The van der Waals surface area contributed by atoms with Gasteiger partial charge < -0.3 is 15.0 Å². The third kappa shape index (κ3) is 5.40. The molecule has 2 aromatic rings. The monoisotopic (exact) mass is 420 g/mol. The van der Waals surface area contributed by atoms with E-state index in [4.69, 9.17) is 27.9 Å². The quantitative estimate of drug-likeness (QED) is 0.741. The number of nitrogens with one attached hydrogen (secondary N) is 1. The molecule has 0 radical (unpaired) electrons. The second kappa shape index (κ2) is 9.80. The van der Waals surface area contributed by atoms with Crippen molar-refractivity contribution in [1.29, 1.82) is 0 Å². The summed E-state index contributed by atoms with van der Waals surface area (Å²) >= 11 is 12.1. The molecule has 1 aliphatic heterocycles. The van der Waals surface area contributed by atoms with Gasteiger partial charge in [-0.1, -0.05) is 29.3 Å². The second-order valence-electron chi connectivity index (χ2n) is 6.61. The summed E-state index contributed by atoms with van der Waals surface area (Å²) < 4.78 is 5.80. The van der Waals surface area contributed by atoms with E-state index in [0.717, 1.165) is 12.8 Å². The number of ether oxygens (including phenoxy) is 1. The molecule has 1 N–H and O–H groups in total. The minimum atomic E-state index is -0.205. The number of carbonyl (C=O) groups excluding carboxylic acids is 2. The molecule has 1 aliphatic rings. The van der Waals surface area contributed by atoms with E-state index in [1.54, 1.807) is 42.5 Å². The number of carbonyl (C=O) groups is 2. The lowest BCUT2D eigenvalue weighted by Crippen LogP contribution is -2.34. The van der Waals surface area contributed by atoms with Gasteiger partial charge in [-0.3, -0.25) is 9.59 Å². The number of nitrogens with zero attached hydrogens (tertiary/aromatic N) is 1. The zero-order chi connectivity index (χ0) is 19.9. The molecule has 2 aromatic carbocycles. The Hall–Kier alpha value is -2.24. The Bertz CT molecular complexity index is 857. The average molecular weight is 421 g/mol. The van der Waals surface area contributed by atoms with Crippen LogP contribution in [0.4, 0.5) is 0 Å². The van der Waals surface area contributed by atoms with Crippen LogP contribution in [0.15, 0.2) is 42.5 Å². The van der Waals surface area contributed by atoms with Gasteiger partial charge in [0.1, 0.15) is 5.75 Å². The molecule has 28 heavy (non-hydrogen) atoms. The zero-order valence-electron chi connectivity index (χ0n) is 15.4. The molecular weight excluding hydrogens is 399 g/mol. The summed E-state index contributed by atoms with van der Waals surface area (Å²) in [4.78, 5) is 27.1. The van der Waals surface area contributed by atoms with E-state index >= 15 is 0 Å². The third-order valence-electron chi connectivity index (χ3n) is 4.52. The maximum atomic E-state index is 12.9. The maximum absolute atomic E-state index is 12.9. The standard InChI is InChI=1S/C21H22Cl2N2O3/c22-16-6-3-5-15(13-16)21(27)25-10-2-1-9-24-20(26)18-14-17(23)7-8-19(18)28-12-4-11-25/h3,5-8,13-14H,1-2,4,9-12H2,(H,24,26). The van der Waals surface area contributed by atoms with E-state index in [-0.39, 0.29) is 11.8 Å². The summed E-state index contributed by atoms with van der Waals surface area (Å²) in [6.45, 7) is 2.08. The SMILES string of the molecule is O=C1NCCCCN(C(=O)c2cccc(Cl)c2)CCCOc2ccc(Cl)cc21. The van der Waals surface area contributed by atoms with Gasteiger partial charge in [0, 0.05) is 35.2 Å². The molecule has 3 rings (SSSR count). The molecule has 0 bridgehead atoms. The third-order valence-corrected chi connectivity index (χ3v) is 4.99. The molecule has 0 saturated carbocycles. The van der Waals surface area contributed by atoms with Crippen molar-refractivity contribution in [2.45, 2.75) is 19.3 Å². The van der Waals surface area contributed by atoms with Crippen LogP contribution in [0.2, 0.25) is 10.0 Å². The highest BCUT2D eigenvalue weighted by molar-refractivity contribution is 6.31. The molecule has 2 amide bonds. The first-order chi connectivity index (χ1) is 13.5. The van der Waals surface area contributed by atoms with Gasteiger partial charge in [-0.05, 0) is 55.7 Å². The Kier molecular flexibility index (Phi) is 7.18. The molecule has 7 heteroatoms. The van der Waals surface area contributed by atoms with Gasteiger partial charge in [-0.25, -0.2) is 0 Å². The number of amides is 2. The van der Waals surface area contributed by atoms with Crippen molar-refractivity contribution in [3.8, 4) is 5.75 Å². The number of hydrogen-bond donors (Lipinski definition) is 1. The lowest BCUT2D eigenvalue weighted by molar-refractivity contribution is 0.0743. The van der Waals surface area contributed by atoms with E-state index < -0.39 is 0 Å². The molecule has 0 saturated heterocycles. The fourth-order valence-corrected chi connectivity index (χ4v) is 3.45. The van der Waals surface area contributed by atoms with Crippen LogP contribution in [0.1, 0.15) is 40.0 Å². The normalized spacial score (nSPS) is 15.9. The van der Waals surface area contributed by atoms with Crippen molar-refractivity contribution in [3.63, 3.8) is 0 Å². The Morgan fingerprint density at radius 1 is 1.00 bits per heavy atom. The Morgan fingerprint density at radius 3 is 2.61 bits per heavy atom. The molecule has 148 valence electrons. The van der Waals surface area contributed by atoms with Crippen LogP contribution in [-0.2, 0) is 0 Å². The number of benzene rings is 2. The van der Waals surface area contributed by atoms with Gasteiger partial charge >= 0.3 is 0 Å². The summed E-state index contributed by atoms with van der Waals surface area (Å²) in [5, 5.41) is 3.92. The van der Waals surface area contributed by atoms with E-state index in [1.807, 2.05) is 4.90 Å². The van der Waals surface area contributed by atoms with E-state index in [0.29, 0.717) is 59.6 Å². The molecule has 0 spiro atoms. The highest BCUT2D eigenvalue weighted by atomic mass is 35.5. The molecule has 0 aromatic heterocycles. The summed E-state index contributed by atoms with van der Waals surface area (Å²) in [6, 6.07) is 12.0. The summed E-state index contributed by atoms with van der Waals surface area (Å²) in [7, 11) is 0. The first kappa shape index (κ1) is 20.5. The highest BCUT2D eigenvalue weighted by Gasteiger charge is 2.18. The van der Waals surface area contributed by atoms with Crippen molar-refractivity contribution >= 4 is 35.0 Å². The van der Waals surface area contributed by atoms with Crippen LogP contribution in [-0.4, -0.2) is 43.0 Å². The number of halogens is 2. The topological polar surface area (TPSA) is 58.6 Å². The molecule has 0 fully saturated rings. The molecule has 0 unspecified atom stereocenters. The predicted octanol–water partition coefficient (Wildman–Crippen LogP) is 4.43. The van der Waals surface area contributed by atoms with E-state index in [9.17, 15) is 9.59 Å². The minimum Gasteiger partial charge on any atom is -0.493 e. The highest BCUT2D eigenvalue weighted by Crippen LogP contribution is 2.23. The Balaban J connectivity index is 1.72. The number of fused-ring (bicyclic) bond motifs is 1. The van der Waals surface area contributed by atoms with Crippen molar-refractivity contribution in [3.05, 3.63) is 63.6 Å². The van der Waals surface area contributed by atoms with Crippen molar-refractivity contribution in [2.75, 3.05) is 26.2 Å². The summed E-state index contributed by atoms with van der Waals surface area (Å²) in [6.07, 6.45) is 2.20. The molecule has 1 heterocycles. The van der Waals surface area contributed by atoms with Crippen LogP contribution in [0.5, 0.6) is 5.75 Å². The Labute approximate surface area is 174 Å². The van der Waals surface area contributed by atoms with Gasteiger partial charge in [0.15, 0.2) is 0 Å². The minimum absolute atomic E-state index is 0.0476.